The quantitative estimate of drug-likeness (QED) is 0.143. The summed E-state index contributed by atoms with van der Waals surface area (Å²) in [4.78, 5) is 13.2. The number of allylic oxidation sites excluding steroid dienone is 3. The van der Waals surface area contributed by atoms with Crippen LogP contribution in [0.3, 0.4) is 0 Å². The van der Waals surface area contributed by atoms with Gasteiger partial charge in [0.05, 0.1) is 17.5 Å². The molecule has 0 atom stereocenters. The molecule has 0 amide bonds. The first-order valence-corrected chi connectivity index (χ1v) is 15.0. The molecule has 1 aliphatic rings. The summed E-state index contributed by atoms with van der Waals surface area (Å²) >= 11 is 3.08. The standard InChI is InChI=1S/C31H35N5O2S2/c1-6-25(40-26-17-30(37-21(2)3)27(18-32)33-19-26)16-29(38-24-10-8-7-9-11-24)22(4)34-31-35-28(20-39-31)23-12-14-36(5)15-13-23/h6-11,16-17,19-21,23H,1,12-15H2,2-5H3,(H,34,35)/b25-16+,29-22-. The van der Waals surface area contributed by atoms with Gasteiger partial charge < -0.3 is 19.7 Å². The van der Waals surface area contributed by atoms with Crippen molar-refractivity contribution in [3.8, 4) is 17.6 Å². The van der Waals surface area contributed by atoms with Gasteiger partial charge >= 0.3 is 0 Å². The molecule has 7 nitrogen and oxygen atoms in total. The van der Waals surface area contributed by atoms with E-state index in [1.165, 1.54) is 11.8 Å². The first-order chi connectivity index (χ1) is 19.3. The third kappa shape index (κ3) is 8.21. The number of aromatic nitrogens is 2. The molecule has 0 saturated carbocycles. The fourth-order valence-corrected chi connectivity index (χ4v) is 5.83. The maximum atomic E-state index is 9.41. The Hall–Kier alpha value is -3.58. The zero-order chi connectivity index (χ0) is 28.5. The van der Waals surface area contributed by atoms with Crippen molar-refractivity contribution < 1.29 is 9.47 Å². The molecular formula is C31H35N5O2S2. The highest BCUT2D eigenvalue weighted by Gasteiger charge is 2.21. The Morgan fingerprint density at radius 3 is 2.70 bits per heavy atom. The van der Waals surface area contributed by atoms with Crippen molar-refractivity contribution in [3.05, 3.63) is 94.5 Å². The zero-order valence-corrected chi connectivity index (χ0v) is 25.0. The van der Waals surface area contributed by atoms with Gasteiger partial charge in [-0.25, -0.2) is 9.97 Å². The van der Waals surface area contributed by atoms with Crippen LogP contribution in [0, 0.1) is 11.3 Å². The number of hydrogen-bond acceptors (Lipinski definition) is 9. The van der Waals surface area contributed by atoms with Crippen molar-refractivity contribution in [1.29, 1.82) is 5.26 Å². The lowest BCUT2D eigenvalue weighted by Crippen LogP contribution is -2.29. The monoisotopic (exact) mass is 573 g/mol. The number of likely N-dealkylation sites (tertiary alicyclic amines) is 1. The molecule has 0 aliphatic carbocycles. The number of benzene rings is 1. The molecule has 3 heterocycles. The third-order valence-corrected chi connectivity index (χ3v) is 8.06. The van der Waals surface area contributed by atoms with Gasteiger partial charge in [-0.15, -0.1) is 11.3 Å². The van der Waals surface area contributed by atoms with Gasteiger partial charge in [0.15, 0.2) is 16.6 Å². The van der Waals surface area contributed by atoms with Gasteiger partial charge in [0, 0.05) is 27.3 Å². The second-order valence-corrected chi connectivity index (χ2v) is 11.8. The van der Waals surface area contributed by atoms with E-state index < -0.39 is 0 Å². The molecule has 0 spiro atoms. The predicted octanol–water partition coefficient (Wildman–Crippen LogP) is 7.59. The Morgan fingerprint density at radius 2 is 2.02 bits per heavy atom. The minimum Gasteiger partial charge on any atom is -0.488 e. The average molecular weight is 574 g/mol. The van der Waals surface area contributed by atoms with E-state index in [1.807, 2.05) is 63.2 Å². The van der Waals surface area contributed by atoms with Gasteiger partial charge in [-0.05, 0) is 78.0 Å². The van der Waals surface area contributed by atoms with E-state index in [2.05, 4.69) is 40.3 Å². The highest BCUT2D eigenvalue weighted by atomic mass is 32.2. The van der Waals surface area contributed by atoms with E-state index in [-0.39, 0.29) is 11.8 Å². The van der Waals surface area contributed by atoms with Gasteiger partial charge in [0.2, 0.25) is 0 Å². The van der Waals surface area contributed by atoms with Gasteiger partial charge in [0.1, 0.15) is 17.6 Å². The molecule has 9 heteroatoms. The maximum Gasteiger partial charge on any atom is 0.187 e. The Morgan fingerprint density at radius 1 is 1.27 bits per heavy atom. The lowest BCUT2D eigenvalue weighted by atomic mass is 9.95. The molecule has 40 heavy (non-hydrogen) atoms. The topological polar surface area (TPSA) is 83.3 Å². The molecule has 1 aromatic carbocycles. The van der Waals surface area contributed by atoms with E-state index in [0.717, 1.165) is 58.0 Å². The van der Waals surface area contributed by atoms with Crippen molar-refractivity contribution in [1.82, 2.24) is 14.9 Å². The Balaban J connectivity index is 1.60. The number of nitrogens with zero attached hydrogens (tertiary/aromatic N) is 4. The number of para-hydroxylation sites is 1. The summed E-state index contributed by atoms with van der Waals surface area (Å²) in [6.45, 7) is 12.0. The largest absolute Gasteiger partial charge is 0.488 e. The Kier molecular flexibility index (Phi) is 10.4. The molecule has 1 N–H and O–H groups in total. The summed E-state index contributed by atoms with van der Waals surface area (Å²) in [6, 6.07) is 13.6. The van der Waals surface area contributed by atoms with Crippen LogP contribution in [-0.2, 0) is 0 Å². The first-order valence-electron chi connectivity index (χ1n) is 13.3. The van der Waals surface area contributed by atoms with E-state index in [9.17, 15) is 5.26 Å². The van der Waals surface area contributed by atoms with Crippen molar-refractivity contribution >= 4 is 28.2 Å². The minimum absolute atomic E-state index is 0.0723. The number of pyridine rings is 1. The Bertz CT molecular complexity index is 1400. The summed E-state index contributed by atoms with van der Waals surface area (Å²) in [7, 11) is 2.17. The number of hydrogen-bond donors (Lipinski definition) is 1. The molecule has 0 bridgehead atoms. The SMILES string of the molecule is C=C/C(=C\C(Oc1ccccc1)=C(/C)Nc1nc(C2CCN(C)CC2)cs1)Sc1cnc(C#N)c(OC(C)C)c1. The number of nitrogens with one attached hydrogen (secondary N) is 1. The third-order valence-electron chi connectivity index (χ3n) is 6.30. The van der Waals surface area contributed by atoms with E-state index in [1.54, 1.807) is 23.6 Å². The summed E-state index contributed by atoms with van der Waals surface area (Å²) in [5, 5.41) is 15.9. The summed E-state index contributed by atoms with van der Waals surface area (Å²) in [5.74, 6) is 2.33. The van der Waals surface area contributed by atoms with Crippen LogP contribution in [0.15, 0.2) is 88.0 Å². The number of thioether (sulfide) groups is 1. The smallest absolute Gasteiger partial charge is 0.187 e. The molecule has 3 aromatic rings. The van der Waals surface area contributed by atoms with Gasteiger partial charge in [-0.2, -0.15) is 5.26 Å². The lowest BCUT2D eigenvalue weighted by molar-refractivity contribution is 0.240. The fraction of sp³-hybridized carbons (Fsp3) is 0.323. The van der Waals surface area contributed by atoms with Crippen molar-refractivity contribution in [3.63, 3.8) is 0 Å². The second kappa shape index (κ2) is 14.2. The van der Waals surface area contributed by atoms with Crippen LogP contribution >= 0.6 is 23.1 Å². The summed E-state index contributed by atoms with van der Waals surface area (Å²) in [6.07, 6.45) is 7.58. The van der Waals surface area contributed by atoms with Gasteiger partial charge in [-0.1, -0.05) is 42.6 Å². The molecule has 208 valence electrons. The fourth-order valence-electron chi connectivity index (χ4n) is 4.19. The second-order valence-electron chi connectivity index (χ2n) is 9.83. The van der Waals surface area contributed by atoms with Crippen LogP contribution in [-0.4, -0.2) is 41.1 Å². The maximum absolute atomic E-state index is 9.41. The molecule has 0 unspecified atom stereocenters. The zero-order valence-electron chi connectivity index (χ0n) is 23.4. The lowest BCUT2D eigenvalue weighted by Gasteiger charge is -2.27. The molecule has 1 aliphatic heterocycles. The minimum atomic E-state index is -0.0723. The van der Waals surface area contributed by atoms with Crippen LogP contribution < -0.4 is 14.8 Å². The van der Waals surface area contributed by atoms with Crippen LogP contribution in [0.2, 0.25) is 0 Å². The highest BCUT2D eigenvalue weighted by molar-refractivity contribution is 8.03. The van der Waals surface area contributed by atoms with Crippen LogP contribution in [0.5, 0.6) is 11.5 Å². The normalized spacial score (nSPS) is 15.3. The summed E-state index contributed by atoms with van der Waals surface area (Å²) < 4.78 is 12.1. The first kappa shape index (κ1) is 29.4. The van der Waals surface area contributed by atoms with Crippen molar-refractivity contribution in [2.75, 3.05) is 25.5 Å². The molecule has 1 fully saturated rings. The van der Waals surface area contributed by atoms with Crippen molar-refractivity contribution in [2.45, 2.75) is 50.5 Å². The number of anilines is 1. The number of thiazole rings is 1. The number of ether oxygens (including phenoxy) is 2. The highest BCUT2D eigenvalue weighted by Crippen LogP contribution is 2.34. The molecule has 2 aromatic heterocycles. The number of piperidine rings is 1. The summed E-state index contributed by atoms with van der Waals surface area (Å²) in [5.41, 5.74) is 2.25. The number of rotatable bonds is 11. The molecule has 0 radical (unpaired) electrons. The van der Waals surface area contributed by atoms with E-state index in [0.29, 0.717) is 17.4 Å². The van der Waals surface area contributed by atoms with E-state index >= 15 is 0 Å². The van der Waals surface area contributed by atoms with Gasteiger partial charge in [-0.3, -0.25) is 0 Å². The number of nitriles is 1. The average Bonchev–Trinajstić information content (AvgIpc) is 3.41. The molecule has 4 rings (SSSR count). The molecule has 1 saturated heterocycles. The van der Waals surface area contributed by atoms with Crippen molar-refractivity contribution in [2.24, 2.45) is 0 Å². The van der Waals surface area contributed by atoms with Gasteiger partial charge in [0.25, 0.3) is 0 Å². The van der Waals surface area contributed by atoms with E-state index in [4.69, 9.17) is 14.5 Å². The van der Waals surface area contributed by atoms with Crippen LogP contribution in [0.1, 0.15) is 50.9 Å². The molecular weight excluding hydrogens is 539 g/mol. The van der Waals surface area contributed by atoms with Crippen LogP contribution in [0.4, 0.5) is 5.13 Å². The predicted molar refractivity (Wildman–Crippen MR) is 164 cm³/mol. The Labute approximate surface area is 245 Å². The van der Waals surface area contributed by atoms with Crippen LogP contribution in [0.25, 0.3) is 0 Å².